The molecule has 2 aliphatic heterocycles. The summed E-state index contributed by atoms with van der Waals surface area (Å²) in [5.41, 5.74) is 2.21. The first-order valence-electron chi connectivity index (χ1n) is 11.6. The molecule has 2 atom stereocenters. The van der Waals surface area contributed by atoms with Crippen LogP contribution in [0, 0.1) is 5.82 Å². The molecule has 2 aromatic heterocycles. The number of nitrogens with zero attached hydrogens (tertiary/aromatic N) is 3. The molecule has 5 rings (SSSR count). The van der Waals surface area contributed by atoms with Gasteiger partial charge >= 0.3 is 0 Å². The van der Waals surface area contributed by atoms with Gasteiger partial charge in [0.25, 0.3) is 0 Å². The van der Waals surface area contributed by atoms with Crippen LogP contribution in [0.3, 0.4) is 0 Å². The van der Waals surface area contributed by atoms with E-state index in [-0.39, 0.29) is 36.7 Å². The maximum Gasteiger partial charge on any atom is 0.179 e. The molecule has 0 amide bonds. The van der Waals surface area contributed by atoms with E-state index in [4.69, 9.17) is 14.2 Å². The molecule has 3 aromatic rings. The minimum atomic E-state index is -0.523. The summed E-state index contributed by atoms with van der Waals surface area (Å²) < 4.78 is 31.0. The average Bonchev–Trinajstić information content (AvgIpc) is 2.87. The zero-order valence-electron chi connectivity index (χ0n) is 20.0. The third kappa shape index (κ3) is 6.27. The Bertz CT molecular complexity index is 1170. The molecular weight excluding hydrogens is 510 g/mol. The van der Waals surface area contributed by atoms with Crippen LogP contribution in [0.4, 0.5) is 4.39 Å². The standard InChI is InChI=1S/C25H29FN4O4.2ClH/c1-32-17-2-3-21-19(11-17)18(20(26)13-29-21)4-6-30-7-5-22(23(31)15-30)28-12-16-10-24-25(14-27-16)34-9-8-33-24;;/h2-3,10-11,13-14,22-23,28,31H,4-9,12,15H2,1H3;2*1H. The Hall–Kier alpha value is -2.43. The number of fused-ring (bicyclic) bond motifs is 2. The van der Waals surface area contributed by atoms with Gasteiger partial charge in [-0.1, -0.05) is 0 Å². The summed E-state index contributed by atoms with van der Waals surface area (Å²) in [4.78, 5) is 10.8. The molecule has 0 aliphatic carbocycles. The first-order chi connectivity index (χ1) is 16.6. The monoisotopic (exact) mass is 540 g/mol. The van der Waals surface area contributed by atoms with Crippen molar-refractivity contribution in [3.8, 4) is 17.2 Å². The van der Waals surface area contributed by atoms with E-state index < -0.39 is 6.10 Å². The fourth-order valence-corrected chi connectivity index (χ4v) is 4.61. The Kier molecular flexibility index (Phi) is 9.92. The maximum absolute atomic E-state index is 14.6. The minimum Gasteiger partial charge on any atom is -0.497 e. The molecule has 1 aromatic carbocycles. The predicted octanol–water partition coefficient (Wildman–Crippen LogP) is 3.16. The number of piperidine rings is 1. The molecule has 1 fully saturated rings. The lowest BCUT2D eigenvalue weighted by atomic mass is 10.00. The summed E-state index contributed by atoms with van der Waals surface area (Å²) >= 11 is 0. The van der Waals surface area contributed by atoms with Gasteiger partial charge in [-0.05, 0) is 37.6 Å². The zero-order valence-corrected chi connectivity index (χ0v) is 21.6. The zero-order chi connectivity index (χ0) is 23.5. The van der Waals surface area contributed by atoms with Crippen LogP contribution in [-0.2, 0) is 13.0 Å². The van der Waals surface area contributed by atoms with E-state index in [2.05, 4.69) is 20.2 Å². The molecule has 0 saturated carbocycles. The van der Waals surface area contributed by atoms with E-state index in [1.807, 2.05) is 24.3 Å². The number of halogens is 3. The molecule has 196 valence electrons. The van der Waals surface area contributed by atoms with Crippen molar-refractivity contribution < 1.29 is 23.7 Å². The predicted molar refractivity (Wildman–Crippen MR) is 139 cm³/mol. The van der Waals surface area contributed by atoms with Gasteiger partial charge in [-0.15, -0.1) is 24.8 Å². The summed E-state index contributed by atoms with van der Waals surface area (Å²) in [6, 6.07) is 7.35. The van der Waals surface area contributed by atoms with Crippen molar-refractivity contribution in [2.45, 2.75) is 31.5 Å². The lowest BCUT2D eigenvalue weighted by molar-refractivity contribution is 0.0402. The molecule has 1 saturated heterocycles. The lowest BCUT2D eigenvalue weighted by Gasteiger charge is -2.36. The molecule has 36 heavy (non-hydrogen) atoms. The first-order valence-corrected chi connectivity index (χ1v) is 11.6. The average molecular weight is 541 g/mol. The van der Waals surface area contributed by atoms with E-state index in [1.54, 1.807) is 13.3 Å². The van der Waals surface area contributed by atoms with Gasteiger partial charge in [0.15, 0.2) is 11.5 Å². The molecule has 0 spiro atoms. The summed E-state index contributed by atoms with van der Waals surface area (Å²) in [7, 11) is 1.59. The lowest BCUT2D eigenvalue weighted by Crippen LogP contribution is -2.52. The molecule has 8 nitrogen and oxygen atoms in total. The van der Waals surface area contributed by atoms with Crippen LogP contribution in [0.5, 0.6) is 17.2 Å². The van der Waals surface area contributed by atoms with E-state index >= 15 is 0 Å². The summed E-state index contributed by atoms with van der Waals surface area (Å²) in [6.45, 7) is 3.61. The SMILES string of the molecule is COc1ccc2ncc(F)c(CCN3CCC(NCc4cc5c(cn4)OCCO5)C(O)C3)c2c1.Cl.Cl. The van der Waals surface area contributed by atoms with Crippen molar-refractivity contribution in [3.63, 3.8) is 0 Å². The second-order valence-electron chi connectivity index (χ2n) is 8.68. The molecule has 2 N–H and O–H groups in total. The topological polar surface area (TPSA) is 89.0 Å². The molecule has 2 unspecified atom stereocenters. The van der Waals surface area contributed by atoms with Gasteiger partial charge in [-0.3, -0.25) is 9.97 Å². The number of benzene rings is 1. The minimum absolute atomic E-state index is 0. The van der Waals surface area contributed by atoms with Gasteiger partial charge in [0.1, 0.15) is 24.8 Å². The van der Waals surface area contributed by atoms with Crippen LogP contribution in [0.2, 0.25) is 0 Å². The van der Waals surface area contributed by atoms with Crippen molar-refractivity contribution in [2.75, 3.05) is 40.0 Å². The number of hydrogen-bond acceptors (Lipinski definition) is 8. The third-order valence-electron chi connectivity index (χ3n) is 6.51. The number of aromatic nitrogens is 2. The third-order valence-corrected chi connectivity index (χ3v) is 6.51. The van der Waals surface area contributed by atoms with Crippen molar-refractivity contribution in [1.82, 2.24) is 20.2 Å². The summed E-state index contributed by atoms with van der Waals surface area (Å²) in [5, 5.41) is 14.9. The van der Waals surface area contributed by atoms with Crippen LogP contribution >= 0.6 is 24.8 Å². The Labute approximate surface area is 222 Å². The van der Waals surface area contributed by atoms with Crippen molar-refractivity contribution >= 4 is 35.7 Å². The van der Waals surface area contributed by atoms with Crippen LogP contribution in [0.1, 0.15) is 17.7 Å². The maximum atomic E-state index is 14.6. The van der Waals surface area contributed by atoms with Crippen LogP contribution in [0.25, 0.3) is 10.9 Å². The number of pyridine rings is 2. The number of methoxy groups -OCH3 is 1. The highest BCUT2D eigenvalue weighted by Gasteiger charge is 2.27. The Morgan fingerprint density at radius 1 is 1.14 bits per heavy atom. The number of nitrogens with one attached hydrogen (secondary N) is 1. The Morgan fingerprint density at radius 3 is 2.72 bits per heavy atom. The van der Waals surface area contributed by atoms with Gasteiger partial charge in [0.05, 0.1) is 36.8 Å². The normalized spacial score (nSPS) is 19.3. The van der Waals surface area contributed by atoms with Gasteiger partial charge < -0.3 is 29.5 Å². The molecule has 2 aliphatic rings. The highest BCUT2D eigenvalue weighted by atomic mass is 35.5. The first kappa shape index (κ1) is 28.1. The summed E-state index contributed by atoms with van der Waals surface area (Å²) in [5.74, 6) is 1.74. The van der Waals surface area contributed by atoms with Crippen molar-refractivity contribution in [3.05, 3.63) is 53.7 Å². The quantitative estimate of drug-likeness (QED) is 0.472. The second kappa shape index (κ2) is 12.7. The van der Waals surface area contributed by atoms with Gasteiger partial charge in [0, 0.05) is 42.7 Å². The summed E-state index contributed by atoms with van der Waals surface area (Å²) in [6.07, 6.45) is 3.76. The fourth-order valence-electron chi connectivity index (χ4n) is 4.61. The molecule has 0 bridgehead atoms. The van der Waals surface area contributed by atoms with Crippen LogP contribution < -0.4 is 19.5 Å². The van der Waals surface area contributed by atoms with Gasteiger partial charge in [-0.2, -0.15) is 0 Å². The number of rotatable bonds is 7. The van der Waals surface area contributed by atoms with E-state index in [9.17, 15) is 9.50 Å². The number of aliphatic hydroxyl groups is 1. The van der Waals surface area contributed by atoms with E-state index in [0.717, 1.165) is 29.6 Å². The molecule has 11 heteroatoms. The second-order valence-corrected chi connectivity index (χ2v) is 8.68. The largest absolute Gasteiger partial charge is 0.497 e. The van der Waals surface area contributed by atoms with Gasteiger partial charge in [-0.25, -0.2) is 4.39 Å². The van der Waals surface area contributed by atoms with Crippen molar-refractivity contribution in [2.24, 2.45) is 0 Å². The molecule has 4 heterocycles. The number of aliphatic hydroxyl groups excluding tert-OH is 1. The van der Waals surface area contributed by atoms with E-state index in [0.29, 0.717) is 62.1 Å². The number of likely N-dealkylation sites (tertiary alicyclic amines) is 1. The highest BCUT2D eigenvalue weighted by molar-refractivity contribution is 5.85. The van der Waals surface area contributed by atoms with Crippen LogP contribution in [0.15, 0.2) is 36.7 Å². The fraction of sp³-hybridized carbons (Fsp3) is 0.440. The van der Waals surface area contributed by atoms with Crippen LogP contribution in [-0.4, -0.2) is 72.1 Å². The molecule has 0 radical (unpaired) electrons. The van der Waals surface area contributed by atoms with E-state index in [1.165, 1.54) is 6.20 Å². The Morgan fingerprint density at radius 2 is 1.94 bits per heavy atom. The smallest absolute Gasteiger partial charge is 0.179 e. The number of hydrogen-bond donors (Lipinski definition) is 2. The highest BCUT2D eigenvalue weighted by Crippen LogP contribution is 2.29. The number of ether oxygens (including phenoxy) is 3. The molecular formula is C25H31Cl2FN4O4. The van der Waals surface area contributed by atoms with Gasteiger partial charge in [0.2, 0.25) is 0 Å². The van der Waals surface area contributed by atoms with Crippen molar-refractivity contribution in [1.29, 1.82) is 0 Å². The number of β-amino-alcohol motifs (C(OH)–C–C–N with tert-alkyl or cyclic N) is 1. The Balaban J connectivity index is 0.00000180.